The molecule has 1 heterocycles. The highest BCUT2D eigenvalue weighted by molar-refractivity contribution is 5.83. The number of nitrogens with two attached hydrogens (primary N) is 1. The molecule has 2 aromatic rings. The molecule has 0 saturated carbocycles. The fraction of sp³-hybridized carbons (Fsp3) is 0.250. The van der Waals surface area contributed by atoms with E-state index in [0.717, 1.165) is 5.56 Å². The van der Waals surface area contributed by atoms with Crippen molar-refractivity contribution in [3.8, 4) is 0 Å². The van der Waals surface area contributed by atoms with Gasteiger partial charge in [-0.3, -0.25) is 4.79 Å². The van der Waals surface area contributed by atoms with E-state index < -0.39 is 6.04 Å². The van der Waals surface area contributed by atoms with E-state index in [1.807, 2.05) is 30.3 Å². The number of hydrogen-bond donors (Lipinski definition) is 2. The molecule has 1 aromatic carbocycles. The van der Waals surface area contributed by atoms with Gasteiger partial charge >= 0.3 is 0 Å². The molecule has 0 spiro atoms. The average Bonchev–Trinajstić information content (AvgIpc) is 2.92. The lowest BCUT2D eigenvalue weighted by Gasteiger charge is -2.15. The second-order valence-corrected chi connectivity index (χ2v) is 3.91. The molecule has 0 radical (unpaired) electrons. The maximum Gasteiger partial charge on any atom is 0.242 e. The average molecular weight is 246 g/mol. The Morgan fingerprint density at radius 3 is 2.72 bits per heavy atom. The molecule has 0 fully saturated rings. The number of rotatable bonds is 4. The van der Waals surface area contributed by atoms with Crippen molar-refractivity contribution in [3.63, 3.8) is 0 Å². The van der Waals surface area contributed by atoms with Gasteiger partial charge in [0, 0.05) is 0 Å². The van der Waals surface area contributed by atoms with Gasteiger partial charge in [0.1, 0.15) is 6.04 Å². The van der Waals surface area contributed by atoms with Crippen LogP contribution >= 0.6 is 0 Å². The van der Waals surface area contributed by atoms with Gasteiger partial charge in [-0.15, -0.1) is 0 Å². The van der Waals surface area contributed by atoms with Crippen LogP contribution in [0.15, 0.2) is 41.2 Å². The van der Waals surface area contributed by atoms with E-state index in [2.05, 4.69) is 20.0 Å². The van der Waals surface area contributed by atoms with Gasteiger partial charge in [-0.05, 0) is 12.5 Å². The van der Waals surface area contributed by atoms with Crippen molar-refractivity contribution in [1.29, 1.82) is 0 Å². The van der Waals surface area contributed by atoms with Gasteiger partial charge in [0.15, 0.2) is 5.82 Å². The summed E-state index contributed by atoms with van der Waals surface area (Å²) in [6, 6.07) is 8.12. The summed E-state index contributed by atoms with van der Waals surface area (Å²) < 4.78 is 4.62. The Bertz CT molecular complexity index is 498. The molecular weight excluding hydrogens is 232 g/mol. The summed E-state index contributed by atoms with van der Waals surface area (Å²) >= 11 is 0. The standard InChI is InChI=1S/C12H14N4O2/c1-8(11-14-7-18-16-11)15-12(17)10(13)9-5-3-2-4-6-9/h2-8,10H,13H2,1H3,(H,15,17). The molecule has 0 aliphatic rings. The number of benzene rings is 1. The molecule has 1 amide bonds. The number of aromatic nitrogens is 2. The zero-order valence-corrected chi connectivity index (χ0v) is 9.91. The number of nitrogens with zero attached hydrogens (tertiary/aromatic N) is 2. The quantitative estimate of drug-likeness (QED) is 0.837. The summed E-state index contributed by atoms with van der Waals surface area (Å²) in [6.07, 6.45) is 1.22. The molecule has 0 aliphatic carbocycles. The maximum absolute atomic E-state index is 11.9. The van der Waals surface area contributed by atoms with Gasteiger partial charge in [0.05, 0.1) is 6.04 Å². The van der Waals surface area contributed by atoms with Crippen LogP contribution in [0, 0.1) is 0 Å². The van der Waals surface area contributed by atoms with Gasteiger partial charge < -0.3 is 15.6 Å². The molecule has 0 saturated heterocycles. The van der Waals surface area contributed by atoms with E-state index in [1.54, 1.807) is 6.92 Å². The largest absolute Gasteiger partial charge is 0.345 e. The van der Waals surface area contributed by atoms with Crippen molar-refractivity contribution in [1.82, 2.24) is 15.5 Å². The number of amides is 1. The Morgan fingerprint density at radius 2 is 2.11 bits per heavy atom. The van der Waals surface area contributed by atoms with E-state index in [9.17, 15) is 4.79 Å². The molecule has 2 atom stereocenters. The molecule has 94 valence electrons. The monoisotopic (exact) mass is 246 g/mol. The fourth-order valence-corrected chi connectivity index (χ4v) is 1.55. The molecule has 6 heteroatoms. The van der Waals surface area contributed by atoms with Crippen molar-refractivity contribution in [2.45, 2.75) is 19.0 Å². The van der Waals surface area contributed by atoms with Crippen molar-refractivity contribution < 1.29 is 9.32 Å². The van der Waals surface area contributed by atoms with Crippen molar-refractivity contribution in [2.75, 3.05) is 0 Å². The van der Waals surface area contributed by atoms with Gasteiger partial charge in [-0.1, -0.05) is 35.5 Å². The van der Waals surface area contributed by atoms with Crippen LogP contribution in [0.2, 0.25) is 0 Å². The first kappa shape index (κ1) is 12.3. The second kappa shape index (κ2) is 5.42. The third-order valence-electron chi connectivity index (χ3n) is 2.57. The molecule has 2 rings (SSSR count). The lowest BCUT2D eigenvalue weighted by molar-refractivity contribution is -0.123. The summed E-state index contributed by atoms with van der Waals surface area (Å²) in [4.78, 5) is 15.8. The van der Waals surface area contributed by atoms with Crippen LogP contribution in [0.25, 0.3) is 0 Å². The fourth-order valence-electron chi connectivity index (χ4n) is 1.55. The third kappa shape index (κ3) is 2.72. The van der Waals surface area contributed by atoms with Gasteiger partial charge in [-0.25, -0.2) is 0 Å². The highest BCUT2D eigenvalue weighted by atomic mass is 16.5. The first-order valence-corrected chi connectivity index (χ1v) is 5.55. The van der Waals surface area contributed by atoms with Crippen LogP contribution in [0.5, 0.6) is 0 Å². The van der Waals surface area contributed by atoms with Crippen LogP contribution in [-0.2, 0) is 4.79 Å². The Morgan fingerprint density at radius 1 is 1.39 bits per heavy atom. The topological polar surface area (TPSA) is 94.0 Å². The van der Waals surface area contributed by atoms with Crippen molar-refractivity contribution in [3.05, 3.63) is 48.1 Å². The molecule has 3 N–H and O–H groups in total. The summed E-state index contributed by atoms with van der Waals surface area (Å²) in [6.45, 7) is 1.76. The van der Waals surface area contributed by atoms with E-state index in [1.165, 1.54) is 6.39 Å². The van der Waals surface area contributed by atoms with E-state index in [-0.39, 0.29) is 11.9 Å². The van der Waals surface area contributed by atoms with Gasteiger partial charge in [0.2, 0.25) is 12.3 Å². The van der Waals surface area contributed by atoms with Crippen molar-refractivity contribution in [2.24, 2.45) is 5.73 Å². The van der Waals surface area contributed by atoms with E-state index in [4.69, 9.17) is 5.73 Å². The summed E-state index contributed by atoms with van der Waals surface area (Å²) in [7, 11) is 0. The second-order valence-electron chi connectivity index (χ2n) is 3.91. The Balaban J connectivity index is 2.00. The molecule has 6 nitrogen and oxygen atoms in total. The number of carbonyl (C=O) groups excluding carboxylic acids is 1. The van der Waals surface area contributed by atoms with E-state index >= 15 is 0 Å². The van der Waals surface area contributed by atoms with Crippen LogP contribution in [0.1, 0.15) is 30.4 Å². The number of hydrogen-bond acceptors (Lipinski definition) is 5. The SMILES string of the molecule is CC(NC(=O)C(N)c1ccccc1)c1ncon1. The van der Waals surface area contributed by atoms with Crippen LogP contribution < -0.4 is 11.1 Å². The van der Waals surface area contributed by atoms with Crippen LogP contribution in [-0.4, -0.2) is 16.0 Å². The predicted molar refractivity (Wildman–Crippen MR) is 64.2 cm³/mol. The minimum absolute atomic E-state index is 0.279. The predicted octanol–water partition coefficient (Wildman–Crippen LogP) is 0.947. The molecule has 2 unspecified atom stereocenters. The lowest BCUT2D eigenvalue weighted by atomic mass is 10.1. The Kier molecular flexibility index (Phi) is 3.69. The number of nitrogens with one attached hydrogen (secondary N) is 1. The van der Waals surface area contributed by atoms with Gasteiger partial charge in [-0.2, -0.15) is 4.98 Å². The first-order chi connectivity index (χ1) is 8.68. The minimum Gasteiger partial charge on any atom is -0.345 e. The highest BCUT2D eigenvalue weighted by Crippen LogP contribution is 2.12. The first-order valence-electron chi connectivity index (χ1n) is 5.55. The minimum atomic E-state index is -0.708. The zero-order chi connectivity index (χ0) is 13.0. The molecule has 1 aromatic heterocycles. The van der Waals surface area contributed by atoms with Crippen LogP contribution in [0.4, 0.5) is 0 Å². The van der Waals surface area contributed by atoms with Crippen LogP contribution in [0.3, 0.4) is 0 Å². The van der Waals surface area contributed by atoms with E-state index in [0.29, 0.717) is 5.82 Å². The molecular formula is C12H14N4O2. The Hall–Kier alpha value is -2.21. The Labute approximate surface area is 104 Å². The highest BCUT2D eigenvalue weighted by Gasteiger charge is 2.19. The summed E-state index contributed by atoms with van der Waals surface area (Å²) in [5, 5.41) is 6.39. The summed E-state index contributed by atoms with van der Waals surface area (Å²) in [5.74, 6) is 0.141. The lowest BCUT2D eigenvalue weighted by Crippen LogP contribution is -2.36. The zero-order valence-electron chi connectivity index (χ0n) is 9.91. The molecule has 0 aliphatic heterocycles. The molecule has 18 heavy (non-hydrogen) atoms. The smallest absolute Gasteiger partial charge is 0.242 e. The van der Waals surface area contributed by atoms with Crippen molar-refractivity contribution >= 4 is 5.91 Å². The van der Waals surface area contributed by atoms with Gasteiger partial charge in [0.25, 0.3) is 0 Å². The normalized spacial score (nSPS) is 13.9. The number of carbonyl (C=O) groups is 1. The molecule has 0 bridgehead atoms. The maximum atomic E-state index is 11.9. The third-order valence-corrected chi connectivity index (χ3v) is 2.57. The summed E-state index contributed by atoms with van der Waals surface area (Å²) in [5.41, 5.74) is 6.62.